The second-order valence-electron chi connectivity index (χ2n) is 7.98. The molecule has 4 aromatic heterocycles. The maximum atomic E-state index is 13.1. The number of nitrogens with zero attached hydrogens (tertiary/aromatic N) is 6. The molecule has 0 aliphatic carbocycles. The lowest BCUT2D eigenvalue weighted by molar-refractivity contribution is -0.116. The highest BCUT2D eigenvalue weighted by Gasteiger charge is 2.19. The molecule has 6 rings (SSSR count). The molecule has 9 nitrogen and oxygen atoms in total. The van der Waals surface area contributed by atoms with Crippen LogP contribution in [-0.4, -0.2) is 34.6 Å². The first-order chi connectivity index (χ1) is 16.0. The maximum Gasteiger partial charge on any atom is 0.264 e. The molecule has 33 heavy (non-hydrogen) atoms. The van der Waals surface area contributed by atoms with Crippen molar-refractivity contribution in [3.63, 3.8) is 0 Å². The van der Waals surface area contributed by atoms with Gasteiger partial charge in [-0.3, -0.25) is 23.2 Å². The molecule has 0 spiro atoms. The van der Waals surface area contributed by atoms with Crippen LogP contribution in [0.5, 0.6) is 0 Å². The van der Waals surface area contributed by atoms with E-state index in [-0.39, 0.29) is 18.0 Å². The van der Waals surface area contributed by atoms with Crippen LogP contribution in [0.4, 0.5) is 5.69 Å². The molecule has 0 bridgehead atoms. The lowest BCUT2D eigenvalue weighted by Crippen LogP contribution is -2.27. The molecule has 0 aliphatic rings. The second kappa shape index (κ2) is 6.99. The van der Waals surface area contributed by atoms with Crippen molar-refractivity contribution >= 4 is 50.0 Å². The van der Waals surface area contributed by atoms with E-state index in [1.807, 2.05) is 55.5 Å². The van der Waals surface area contributed by atoms with E-state index in [9.17, 15) is 9.59 Å². The summed E-state index contributed by atoms with van der Waals surface area (Å²) in [6, 6.07) is 15.7. The van der Waals surface area contributed by atoms with Crippen molar-refractivity contribution in [2.45, 2.75) is 13.5 Å². The minimum Gasteiger partial charge on any atom is -0.322 e. The lowest BCUT2D eigenvalue weighted by atomic mass is 10.1. The summed E-state index contributed by atoms with van der Waals surface area (Å²) < 4.78 is 4.88. The summed E-state index contributed by atoms with van der Waals surface area (Å²) in [6.45, 7) is 1.79. The molecule has 0 saturated heterocycles. The number of nitrogens with one attached hydrogen (secondary N) is 1. The van der Waals surface area contributed by atoms with Crippen molar-refractivity contribution in [3.8, 4) is 0 Å². The third kappa shape index (κ3) is 2.82. The largest absolute Gasteiger partial charge is 0.322 e. The highest BCUT2D eigenvalue weighted by molar-refractivity contribution is 6.16. The summed E-state index contributed by atoms with van der Waals surface area (Å²) in [5.74, 6) is 0.502. The van der Waals surface area contributed by atoms with Gasteiger partial charge in [-0.2, -0.15) is 5.10 Å². The number of aromatic nitrogens is 6. The van der Waals surface area contributed by atoms with E-state index in [4.69, 9.17) is 4.98 Å². The van der Waals surface area contributed by atoms with Gasteiger partial charge in [0.25, 0.3) is 5.56 Å². The van der Waals surface area contributed by atoms with Gasteiger partial charge >= 0.3 is 0 Å². The molecule has 162 valence electrons. The number of fused-ring (bicyclic) bond motifs is 6. The molecule has 0 aliphatic heterocycles. The maximum absolute atomic E-state index is 13.1. The van der Waals surface area contributed by atoms with Crippen molar-refractivity contribution in [1.29, 1.82) is 0 Å². The topological polar surface area (TPSA) is 99.1 Å². The van der Waals surface area contributed by atoms with Crippen molar-refractivity contribution in [1.82, 2.24) is 28.7 Å². The number of benzene rings is 2. The van der Waals surface area contributed by atoms with Crippen LogP contribution in [0.25, 0.3) is 38.4 Å². The van der Waals surface area contributed by atoms with Gasteiger partial charge in [-0.25, -0.2) is 9.97 Å². The monoisotopic (exact) mass is 437 g/mol. The van der Waals surface area contributed by atoms with Crippen LogP contribution in [0.2, 0.25) is 0 Å². The highest BCUT2D eigenvalue weighted by atomic mass is 16.2. The van der Waals surface area contributed by atoms with Crippen LogP contribution in [0.1, 0.15) is 5.82 Å². The van der Waals surface area contributed by atoms with Gasteiger partial charge in [0.2, 0.25) is 5.91 Å². The van der Waals surface area contributed by atoms with Crippen LogP contribution in [0.15, 0.2) is 65.8 Å². The van der Waals surface area contributed by atoms with Crippen LogP contribution in [0, 0.1) is 6.92 Å². The molecule has 0 radical (unpaired) electrons. The minimum atomic E-state index is -0.320. The summed E-state index contributed by atoms with van der Waals surface area (Å²) >= 11 is 0. The van der Waals surface area contributed by atoms with E-state index < -0.39 is 0 Å². The summed E-state index contributed by atoms with van der Waals surface area (Å²) in [4.78, 5) is 35.0. The number of hydrogen-bond donors (Lipinski definition) is 1. The third-order valence-electron chi connectivity index (χ3n) is 5.94. The average Bonchev–Trinajstić information content (AvgIpc) is 3.35. The van der Waals surface area contributed by atoms with Gasteiger partial charge in [-0.15, -0.1) is 0 Å². The Morgan fingerprint density at radius 1 is 1.03 bits per heavy atom. The average molecular weight is 437 g/mol. The first kappa shape index (κ1) is 19.2. The van der Waals surface area contributed by atoms with Crippen LogP contribution in [-0.2, 0) is 18.4 Å². The highest BCUT2D eigenvalue weighted by Crippen LogP contribution is 2.36. The summed E-state index contributed by atoms with van der Waals surface area (Å²) in [5.41, 5.74) is 3.55. The number of hydrogen-bond acceptors (Lipinski definition) is 5. The first-order valence-electron chi connectivity index (χ1n) is 10.5. The summed E-state index contributed by atoms with van der Waals surface area (Å²) in [7, 11) is 1.72. The Kier molecular flexibility index (Phi) is 4.06. The van der Waals surface area contributed by atoms with Gasteiger partial charge in [0.05, 0.1) is 28.4 Å². The molecule has 0 fully saturated rings. The van der Waals surface area contributed by atoms with Gasteiger partial charge in [-0.05, 0) is 19.1 Å². The van der Waals surface area contributed by atoms with Crippen LogP contribution < -0.4 is 10.9 Å². The zero-order valence-corrected chi connectivity index (χ0v) is 18.0. The van der Waals surface area contributed by atoms with E-state index in [1.54, 1.807) is 7.05 Å². The number of aryl methyl sites for hydroxylation is 2. The van der Waals surface area contributed by atoms with Crippen molar-refractivity contribution in [2.75, 3.05) is 5.32 Å². The fourth-order valence-electron chi connectivity index (χ4n) is 4.47. The number of anilines is 1. The van der Waals surface area contributed by atoms with Gasteiger partial charge in [0.15, 0.2) is 5.65 Å². The molecule has 6 aromatic rings. The smallest absolute Gasteiger partial charge is 0.264 e. The number of rotatable bonds is 3. The first-order valence-corrected chi connectivity index (χ1v) is 10.5. The molecule has 0 unspecified atom stereocenters. The molecule has 1 N–H and O–H groups in total. The second-order valence-corrected chi connectivity index (χ2v) is 7.98. The summed E-state index contributed by atoms with van der Waals surface area (Å²) in [6.07, 6.45) is 2.85. The van der Waals surface area contributed by atoms with E-state index in [2.05, 4.69) is 19.8 Å². The Balaban J connectivity index is 1.49. The predicted octanol–water partition coefficient (Wildman–Crippen LogP) is 3.03. The Labute approximate surface area is 186 Å². The van der Waals surface area contributed by atoms with Crippen molar-refractivity contribution < 1.29 is 4.79 Å². The van der Waals surface area contributed by atoms with Crippen LogP contribution in [0.3, 0.4) is 0 Å². The van der Waals surface area contributed by atoms with Gasteiger partial charge < -0.3 is 5.32 Å². The van der Waals surface area contributed by atoms with Gasteiger partial charge in [0, 0.05) is 17.8 Å². The molecule has 1 amide bonds. The Morgan fingerprint density at radius 2 is 1.79 bits per heavy atom. The van der Waals surface area contributed by atoms with E-state index in [0.29, 0.717) is 16.7 Å². The zero-order chi connectivity index (χ0) is 22.7. The normalized spacial score (nSPS) is 11.7. The number of amides is 1. The Morgan fingerprint density at radius 3 is 2.64 bits per heavy atom. The van der Waals surface area contributed by atoms with Crippen molar-refractivity contribution in [3.05, 3.63) is 77.2 Å². The van der Waals surface area contributed by atoms with Crippen LogP contribution >= 0.6 is 0 Å². The predicted molar refractivity (Wildman–Crippen MR) is 126 cm³/mol. The fraction of sp³-hybridized carbons (Fsp3) is 0.125. The van der Waals surface area contributed by atoms with Gasteiger partial charge in [-0.1, -0.05) is 36.4 Å². The molecule has 9 heteroatoms. The number of carbonyl (C=O) groups is 1. The molecular weight excluding hydrogens is 418 g/mol. The number of carbonyl (C=O) groups excluding carboxylic acids is 1. The Hall–Kier alpha value is -4.53. The van der Waals surface area contributed by atoms with Gasteiger partial charge in [0.1, 0.15) is 24.1 Å². The molecule has 2 aromatic carbocycles. The zero-order valence-electron chi connectivity index (χ0n) is 18.0. The quantitative estimate of drug-likeness (QED) is 0.459. The molecule has 0 atom stereocenters. The summed E-state index contributed by atoms with van der Waals surface area (Å²) in [5, 5.41) is 9.35. The fourth-order valence-corrected chi connectivity index (χ4v) is 4.47. The lowest BCUT2D eigenvalue weighted by Gasteiger charge is -2.10. The van der Waals surface area contributed by atoms with E-state index in [0.717, 1.165) is 33.1 Å². The van der Waals surface area contributed by atoms with E-state index >= 15 is 0 Å². The molecule has 4 heterocycles. The third-order valence-corrected chi connectivity index (χ3v) is 5.94. The Bertz CT molecular complexity index is 1790. The van der Waals surface area contributed by atoms with E-state index in [1.165, 1.54) is 21.8 Å². The number of para-hydroxylation sites is 2. The molecular formula is C24H19N7O2. The van der Waals surface area contributed by atoms with Crippen molar-refractivity contribution in [2.24, 2.45) is 7.05 Å². The molecule has 0 saturated carbocycles. The minimum absolute atomic E-state index is 0.162. The SMILES string of the molecule is Cc1nc2ccccc2c2c(NC(=O)Cn3cnc4c(cnn4C)c3=O)c3ccccc3n12. The standard InChI is InChI=1S/C24H19N7O2/c1-14-27-18-9-5-3-7-15(18)22-21(16-8-4-6-10-19(16)31(14)22)28-20(32)12-30-13-25-23-17(24(30)33)11-26-29(23)2/h3-11,13H,12H2,1-2H3,(H,28,32).